The molecule has 0 aliphatic rings. The van der Waals surface area contributed by atoms with Crippen LogP contribution in [-0.4, -0.2) is 11.1 Å². The minimum Gasteiger partial charge on any atom is -0.478 e. The molecule has 0 amide bonds. The summed E-state index contributed by atoms with van der Waals surface area (Å²) >= 11 is 0. The number of benzene rings is 2. The van der Waals surface area contributed by atoms with Gasteiger partial charge in [-0.05, 0) is 41.2 Å². The second kappa shape index (κ2) is 5.87. The normalized spacial score (nSPS) is 10.8. The average molecular weight is 272 g/mol. The molecule has 2 nitrogen and oxygen atoms in total. The van der Waals surface area contributed by atoms with E-state index in [4.69, 9.17) is 5.11 Å². The molecule has 2 rings (SSSR count). The maximum atomic E-state index is 13.7. The van der Waals surface area contributed by atoms with Gasteiger partial charge in [-0.3, -0.25) is 0 Å². The lowest BCUT2D eigenvalue weighted by molar-refractivity contribution is 0.0692. The van der Waals surface area contributed by atoms with Crippen LogP contribution < -0.4 is 0 Å². The minimum absolute atomic E-state index is 0.301. The standard InChI is InChI=1S/C17H17FO2/c1-11(2)9-12-3-5-13(6-4-12)14-7-8-15(17(19)20)16(18)10-14/h3-8,10-11H,9H2,1-2H3,(H,19,20). The summed E-state index contributed by atoms with van der Waals surface area (Å²) in [5.74, 6) is -1.37. The predicted molar refractivity (Wildman–Crippen MR) is 77.3 cm³/mol. The van der Waals surface area contributed by atoms with E-state index < -0.39 is 11.8 Å². The lowest BCUT2D eigenvalue weighted by atomic mass is 9.98. The number of halogens is 1. The highest BCUT2D eigenvalue weighted by molar-refractivity contribution is 5.88. The van der Waals surface area contributed by atoms with Gasteiger partial charge in [0.15, 0.2) is 0 Å². The van der Waals surface area contributed by atoms with E-state index in [1.165, 1.54) is 17.7 Å². The van der Waals surface area contributed by atoms with Crippen molar-refractivity contribution in [1.82, 2.24) is 0 Å². The van der Waals surface area contributed by atoms with E-state index in [-0.39, 0.29) is 5.56 Å². The van der Waals surface area contributed by atoms with Crippen LogP contribution in [0.2, 0.25) is 0 Å². The highest BCUT2D eigenvalue weighted by Crippen LogP contribution is 2.23. The van der Waals surface area contributed by atoms with Crippen molar-refractivity contribution < 1.29 is 14.3 Å². The first-order chi connectivity index (χ1) is 9.47. The second-order valence-corrected chi connectivity index (χ2v) is 5.29. The van der Waals surface area contributed by atoms with Gasteiger partial charge in [0.25, 0.3) is 0 Å². The molecule has 20 heavy (non-hydrogen) atoms. The molecule has 0 spiro atoms. The first-order valence-corrected chi connectivity index (χ1v) is 6.59. The topological polar surface area (TPSA) is 37.3 Å². The van der Waals surface area contributed by atoms with Crippen LogP contribution in [0.5, 0.6) is 0 Å². The van der Waals surface area contributed by atoms with Crippen LogP contribution in [0.25, 0.3) is 11.1 Å². The Morgan fingerprint density at radius 1 is 1.10 bits per heavy atom. The summed E-state index contributed by atoms with van der Waals surface area (Å²) in [5, 5.41) is 8.81. The van der Waals surface area contributed by atoms with Gasteiger partial charge in [0, 0.05) is 0 Å². The Morgan fingerprint density at radius 3 is 2.20 bits per heavy atom. The Labute approximate surface area is 117 Å². The Kier molecular flexibility index (Phi) is 4.18. The number of carboxylic acid groups (broad SMARTS) is 1. The summed E-state index contributed by atoms with van der Waals surface area (Å²) < 4.78 is 13.7. The van der Waals surface area contributed by atoms with Crippen LogP contribution >= 0.6 is 0 Å². The fourth-order valence-corrected chi connectivity index (χ4v) is 2.17. The van der Waals surface area contributed by atoms with E-state index in [0.717, 1.165) is 12.0 Å². The van der Waals surface area contributed by atoms with Gasteiger partial charge in [-0.25, -0.2) is 9.18 Å². The molecule has 0 fully saturated rings. The molecule has 0 aliphatic carbocycles. The van der Waals surface area contributed by atoms with Crippen LogP contribution in [0.3, 0.4) is 0 Å². The van der Waals surface area contributed by atoms with Crippen LogP contribution in [0.15, 0.2) is 42.5 Å². The van der Waals surface area contributed by atoms with Crippen LogP contribution in [0, 0.1) is 11.7 Å². The van der Waals surface area contributed by atoms with Gasteiger partial charge in [0.2, 0.25) is 0 Å². The molecule has 0 saturated carbocycles. The highest BCUT2D eigenvalue weighted by atomic mass is 19.1. The molecule has 0 saturated heterocycles. The van der Waals surface area contributed by atoms with Gasteiger partial charge >= 0.3 is 5.97 Å². The van der Waals surface area contributed by atoms with Crippen molar-refractivity contribution in [3.63, 3.8) is 0 Å². The van der Waals surface area contributed by atoms with Crippen molar-refractivity contribution in [1.29, 1.82) is 0 Å². The number of rotatable bonds is 4. The summed E-state index contributed by atoms with van der Waals surface area (Å²) in [7, 11) is 0. The second-order valence-electron chi connectivity index (χ2n) is 5.29. The molecular formula is C17H17FO2. The number of hydrogen-bond donors (Lipinski definition) is 1. The van der Waals surface area contributed by atoms with E-state index in [2.05, 4.69) is 13.8 Å². The summed E-state index contributed by atoms with van der Waals surface area (Å²) in [4.78, 5) is 10.8. The summed E-state index contributed by atoms with van der Waals surface area (Å²) in [5.41, 5.74) is 2.51. The average Bonchev–Trinajstić information content (AvgIpc) is 2.38. The van der Waals surface area contributed by atoms with E-state index in [9.17, 15) is 9.18 Å². The molecular weight excluding hydrogens is 255 g/mol. The van der Waals surface area contributed by atoms with Gasteiger partial charge in [0.05, 0.1) is 5.56 Å². The van der Waals surface area contributed by atoms with Crippen molar-refractivity contribution in [3.05, 3.63) is 59.4 Å². The van der Waals surface area contributed by atoms with Crippen molar-refractivity contribution in [2.24, 2.45) is 5.92 Å². The van der Waals surface area contributed by atoms with Crippen LogP contribution in [0.1, 0.15) is 29.8 Å². The van der Waals surface area contributed by atoms with E-state index in [1.54, 1.807) is 6.07 Å². The third kappa shape index (κ3) is 3.23. The van der Waals surface area contributed by atoms with Crippen LogP contribution in [0.4, 0.5) is 4.39 Å². The molecule has 0 atom stereocenters. The molecule has 0 unspecified atom stereocenters. The lowest BCUT2D eigenvalue weighted by Crippen LogP contribution is -2.00. The molecule has 2 aromatic carbocycles. The van der Waals surface area contributed by atoms with Gasteiger partial charge < -0.3 is 5.11 Å². The lowest BCUT2D eigenvalue weighted by Gasteiger charge is -2.07. The first-order valence-electron chi connectivity index (χ1n) is 6.59. The van der Waals surface area contributed by atoms with Crippen molar-refractivity contribution in [2.75, 3.05) is 0 Å². The molecule has 0 aromatic heterocycles. The number of carboxylic acids is 1. The highest BCUT2D eigenvalue weighted by Gasteiger charge is 2.11. The maximum absolute atomic E-state index is 13.7. The molecule has 1 N–H and O–H groups in total. The summed E-state index contributed by atoms with van der Waals surface area (Å²) in [6.45, 7) is 4.32. The van der Waals surface area contributed by atoms with Gasteiger partial charge in [0.1, 0.15) is 5.82 Å². The summed E-state index contributed by atoms with van der Waals surface area (Å²) in [6.07, 6.45) is 1.01. The molecule has 0 bridgehead atoms. The fourth-order valence-electron chi connectivity index (χ4n) is 2.17. The van der Waals surface area contributed by atoms with Gasteiger partial charge in [-0.15, -0.1) is 0 Å². The molecule has 0 heterocycles. The Hall–Kier alpha value is -2.16. The monoisotopic (exact) mass is 272 g/mol. The maximum Gasteiger partial charge on any atom is 0.338 e. The largest absolute Gasteiger partial charge is 0.478 e. The quantitative estimate of drug-likeness (QED) is 0.896. The van der Waals surface area contributed by atoms with E-state index >= 15 is 0 Å². The Balaban J connectivity index is 2.28. The Bertz CT molecular complexity index is 615. The zero-order valence-electron chi connectivity index (χ0n) is 11.6. The van der Waals surface area contributed by atoms with Crippen LogP contribution in [-0.2, 0) is 6.42 Å². The summed E-state index contributed by atoms with van der Waals surface area (Å²) in [6, 6.07) is 12.1. The molecule has 3 heteroatoms. The smallest absolute Gasteiger partial charge is 0.338 e. The fraction of sp³-hybridized carbons (Fsp3) is 0.235. The van der Waals surface area contributed by atoms with Gasteiger partial charge in [-0.2, -0.15) is 0 Å². The molecule has 0 aliphatic heterocycles. The molecule has 2 aromatic rings. The number of hydrogen-bond acceptors (Lipinski definition) is 1. The van der Waals surface area contributed by atoms with Gasteiger partial charge in [-0.1, -0.05) is 44.2 Å². The third-order valence-electron chi connectivity index (χ3n) is 3.13. The third-order valence-corrected chi connectivity index (χ3v) is 3.13. The van der Waals surface area contributed by atoms with Crippen molar-refractivity contribution in [3.8, 4) is 11.1 Å². The van der Waals surface area contributed by atoms with E-state index in [0.29, 0.717) is 11.5 Å². The van der Waals surface area contributed by atoms with Crippen molar-refractivity contribution in [2.45, 2.75) is 20.3 Å². The van der Waals surface area contributed by atoms with Crippen molar-refractivity contribution >= 4 is 5.97 Å². The number of carbonyl (C=O) groups is 1. The first kappa shape index (κ1) is 14.3. The number of aromatic carboxylic acids is 1. The van der Waals surface area contributed by atoms with E-state index in [1.807, 2.05) is 24.3 Å². The molecule has 0 radical (unpaired) electrons. The zero-order chi connectivity index (χ0) is 14.7. The SMILES string of the molecule is CC(C)Cc1ccc(-c2ccc(C(=O)O)c(F)c2)cc1. The Morgan fingerprint density at radius 2 is 1.70 bits per heavy atom. The minimum atomic E-state index is -1.25. The predicted octanol–water partition coefficient (Wildman–Crippen LogP) is 4.39. The zero-order valence-corrected chi connectivity index (χ0v) is 11.6. The molecule has 104 valence electrons.